The van der Waals surface area contributed by atoms with Crippen LogP contribution in [0.2, 0.25) is 0 Å². The SMILES string of the molecule is Cc1ccc2c(c1)CC(C(=O)Nc1ccc(-c3cn[nH]c3)cc1SCCN1CCOCC1)CO2. The first-order chi connectivity index (χ1) is 16.7. The van der Waals surface area contributed by atoms with Gasteiger partial charge in [0.2, 0.25) is 5.91 Å². The molecule has 1 unspecified atom stereocenters. The molecule has 178 valence electrons. The van der Waals surface area contributed by atoms with Crippen LogP contribution in [-0.2, 0) is 16.0 Å². The van der Waals surface area contributed by atoms with Gasteiger partial charge in [-0.15, -0.1) is 11.8 Å². The monoisotopic (exact) mass is 478 g/mol. The lowest BCUT2D eigenvalue weighted by molar-refractivity contribution is -0.121. The Kier molecular flexibility index (Phi) is 7.18. The molecule has 8 heteroatoms. The zero-order valence-electron chi connectivity index (χ0n) is 19.4. The van der Waals surface area contributed by atoms with E-state index >= 15 is 0 Å². The van der Waals surface area contributed by atoms with Gasteiger partial charge in [-0.3, -0.25) is 14.8 Å². The average molecular weight is 479 g/mol. The Labute approximate surface area is 204 Å². The van der Waals surface area contributed by atoms with Crippen molar-refractivity contribution < 1.29 is 14.3 Å². The smallest absolute Gasteiger partial charge is 0.231 e. The third kappa shape index (κ3) is 5.46. The van der Waals surface area contributed by atoms with Crippen molar-refractivity contribution in [1.29, 1.82) is 0 Å². The van der Waals surface area contributed by atoms with Crippen LogP contribution in [0.1, 0.15) is 11.1 Å². The molecule has 0 aliphatic carbocycles. The zero-order chi connectivity index (χ0) is 23.3. The minimum absolute atomic E-state index is 0.00162. The maximum Gasteiger partial charge on any atom is 0.231 e. The van der Waals surface area contributed by atoms with E-state index in [0.29, 0.717) is 13.0 Å². The van der Waals surface area contributed by atoms with E-state index in [1.807, 2.05) is 36.7 Å². The number of nitrogens with zero attached hydrogens (tertiary/aromatic N) is 2. The Hall–Kier alpha value is -2.81. The number of aromatic amines is 1. The second-order valence-corrected chi connectivity index (χ2v) is 9.95. The molecule has 1 atom stereocenters. The number of morpholine rings is 1. The molecule has 0 bridgehead atoms. The van der Waals surface area contributed by atoms with Gasteiger partial charge in [0.1, 0.15) is 12.4 Å². The van der Waals surface area contributed by atoms with Crippen molar-refractivity contribution in [3.05, 3.63) is 59.9 Å². The zero-order valence-corrected chi connectivity index (χ0v) is 20.2. The largest absolute Gasteiger partial charge is 0.492 e. The second-order valence-electron chi connectivity index (χ2n) is 8.81. The molecule has 3 heterocycles. The highest BCUT2D eigenvalue weighted by Crippen LogP contribution is 2.34. The third-order valence-corrected chi connectivity index (χ3v) is 7.37. The van der Waals surface area contributed by atoms with Crippen molar-refractivity contribution in [2.75, 3.05) is 50.5 Å². The van der Waals surface area contributed by atoms with Gasteiger partial charge in [-0.05, 0) is 42.7 Å². The fourth-order valence-electron chi connectivity index (χ4n) is 4.37. The lowest BCUT2D eigenvalue weighted by Gasteiger charge is -2.26. The van der Waals surface area contributed by atoms with Gasteiger partial charge in [-0.1, -0.05) is 23.8 Å². The van der Waals surface area contributed by atoms with Gasteiger partial charge in [-0.25, -0.2) is 0 Å². The van der Waals surface area contributed by atoms with Gasteiger partial charge < -0.3 is 14.8 Å². The summed E-state index contributed by atoms with van der Waals surface area (Å²) in [7, 11) is 0. The van der Waals surface area contributed by atoms with Gasteiger partial charge in [0.15, 0.2) is 0 Å². The predicted octanol–water partition coefficient (Wildman–Crippen LogP) is 4.00. The number of hydrogen-bond acceptors (Lipinski definition) is 6. The molecule has 1 fully saturated rings. The number of thioether (sulfide) groups is 1. The number of H-pyrrole nitrogens is 1. The van der Waals surface area contributed by atoms with E-state index in [1.165, 1.54) is 5.56 Å². The molecule has 34 heavy (non-hydrogen) atoms. The van der Waals surface area contributed by atoms with E-state index in [1.54, 1.807) is 11.8 Å². The summed E-state index contributed by atoms with van der Waals surface area (Å²) in [4.78, 5) is 16.7. The standard InChI is InChI=1S/C26H30N4O3S/c1-18-2-5-24-20(12-18)13-21(17-33-24)26(31)29-23-4-3-19(22-15-27-28-16-22)14-25(23)34-11-8-30-6-9-32-10-7-30/h2-5,12,14-16,21H,6-11,13,17H2,1H3,(H,27,28)(H,29,31). The molecule has 1 saturated heterocycles. The molecule has 1 amide bonds. The molecule has 2 aliphatic heterocycles. The van der Waals surface area contributed by atoms with Crippen molar-refractivity contribution in [3.8, 4) is 16.9 Å². The first-order valence-corrected chi connectivity index (χ1v) is 12.7. The lowest BCUT2D eigenvalue weighted by Crippen LogP contribution is -2.37. The van der Waals surface area contributed by atoms with Gasteiger partial charge in [0.05, 0.1) is 31.0 Å². The Morgan fingerprint density at radius 2 is 2.09 bits per heavy atom. The van der Waals surface area contributed by atoms with Crippen molar-refractivity contribution in [2.24, 2.45) is 5.92 Å². The number of carbonyl (C=O) groups is 1. The molecule has 0 spiro atoms. The van der Waals surface area contributed by atoms with Gasteiger partial charge in [0, 0.05) is 42.0 Å². The van der Waals surface area contributed by atoms with Crippen LogP contribution in [0.3, 0.4) is 0 Å². The van der Waals surface area contributed by atoms with E-state index in [-0.39, 0.29) is 11.8 Å². The van der Waals surface area contributed by atoms with Crippen LogP contribution in [0.15, 0.2) is 53.7 Å². The first-order valence-electron chi connectivity index (χ1n) is 11.7. The highest BCUT2D eigenvalue weighted by atomic mass is 32.2. The number of ether oxygens (including phenoxy) is 2. The fraction of sp³-hybridized carbons (Fsp3) is 0.385. The number of carbonyl (C=O) groups excluding carboxylic acids is 1. The molecule has 1 aromatic heterocycles. The van der Waals surface area contributed by atoms with Crippen LogP contribution < -0.4 is 10.1 Å². The molecule has 2 aromatic carbocycles. The van der Waals surface area contributed by atoms with E-state index in [0.717, 1.165) is 71.6 Å². The molecule has 3 aromatic rings. The number of nitrogens with one attached hydrogen (secondary N) is 2. The topological polar surface area (TPSA) is 79.5 Å². The highest BCUT2D eigenvalue weighted by Gasteiger charge is 2.27. The summed E-state index contributed by atoms with van der Waals surface area (Å²) in [6.45, 7) is 7.00. The predicted molar refractivity (Wildman–Crippen MR) is 135 cm³/mol. The average Bonchev–Trinajstić information content (AvgIpc) is 3.40. The van der Waals surface area contributed by atoms with E-state index in [4.69, 9.17) is 9.47 Å². The molecule has 0 saturated carbocycles. The minimum atomic E-state index is -0.214. The van der Waals surface area contributed by atoms with E-state index < -0.39 is 0 Å². The number of aryl methyl sites for hydroxylation is 1. The lowest BCUT2D eigenvalue weighted by atomic mass is 9.94. The maximum atomic E-state index is 13.2. The normalized spacial score (nSPS) is 18.2. The van der Waals surface area contributed by atoms with E-state index in [9.17, 15) is 4.79 Å². The fourth-order valence-corrected chi connectivity index (χ4v) is 5.42. The number of benzene rings is 2. The van der Waals surface area contributed by atoms with Crippen molar-refractivity contribution >= 4 is 23.4 Å². The highest BCUT2D eigenvalue weighted by molar-refractivity contribution is 7.99. The van der Waals surface area contributed by atoms with Crippen LogP contribution in [0, 0.1) is 12.8 Å². The molecule has 7 nitrogen and oxygen atoms in total. The Morgan fingerprint density at radius 3 is 2.91 bits per heavy atom. The number of amides is 1. The maximum absolute atomic E-state index is 13.2. The quantitative estimate of drug-likeness (QED) is 0.500. The van der Waals surface area contributed by atoms with Crippen LogP contribution in [-0.4, -0.2) is 66.2 Å². The summed E-state index contributed by atoms with van der Waals surface area (Å²) >= 11 is 1.77. The van der Waals surface area contributed by atoms with Crippen LogP contribution in [0.25, 0.3) is 11.1 Å². The Bertz CT molecular complexity index is 1130. The number of anilines is 1. The summed E-state index contributed by atoms with van der Waals surface area (Å²) < 4.78 is 11.3. The van der Waals surface area contributed by atoms with E-state index in [2.05, 4.69) is 39.5 Å². The molecule has 0 radical (unpaired) electrons. The summed E-state index contributed by atoms with van der Waals surface area (Å²) in [6, 6.07) is 12.3. The van der Waals surface area contributed by atoms with Gasteiger partial charge in [0.25, 0.3) is 0 Å². The van der Waals surface area contributed by atoms with Crippen molar-refractivity contribution in [2.45, 2.75) is 18.2 Å². The summed E-state index contributed by atoms with van der Waals surface area (Å²) in [5, 5.41) is 10.1. The first kappa shape index (κ1) is 23.0. The second kappa shape index (κ2) is 10.6. The Balaban J connectivity index is 1.29. The number of fused-ring (bicyclic) bond motifs is 1. The summed E-state index contributed by atoms with van der Waals surface area (Å²) in [5.41, 5.74) is 5.23. The summed E-state index contributed by atoms with van der Waals surface area (Å²) in [5.74, 6) is 1.61. The van der Waals surface area contributed by atoms with Gasteiger partial charge in [-0.2, -0.15) is 5.10 Å². The number of aromatic nitrogens is 2. The van der Waals surface area contributed by atoms with Gasteiger partial charge >= 0.3 is 0 Å². The van der Waals surface area contributed by atoms with Crippen molar-refractivity contribution in [3.63, 3.8) is 0 Å². The van der Waals surface area contributed by atoms with Crippen LogP contribution >= 0.6 is 11.8 Å². The minimum Gasteiger partial charge on any atom is -0.492 e. The number of hydrogen-bond donors (Lipinski definition) is 2. The molecular formula is C26H30N4O3S. The third-order valence-electron chi connectivity index (χ3n) is 6.33. The molecular weight excluding hydrogens is 448 g/mol. The molecule has 2 aliphatic rings. The molecule has 5 rings (SSSR count). The van der Waals surface area contributed by atoms with Crippen LogP contribution in [0.5, 0.6) is 5.75 Å². The number of rotatable bonds is 7. The Morgan fingerprint density at radius 1 is 1.21 bits per heavy atom. The summed E-state index contributed by atoms with van der Waals surface area (Å²) in [6.07, 6.45) is 4.39. The van der Waals surface area contributed by atoms with Crippen LogP contribution in [0.4, 0.5) is 5.69 Å². The van der Waals surface area contributed by atoms with Crippen molar-refractivity contribution in [1.82, 2.24) is 15.1 Å². The molecule has 2 N–H and O–H groups in total.